The zero-order valence-corrected chi connectivity index (χ0v) is 40.7. The molecule has 0 saturated heterocycles. The molecule has 11 nitrogen and oxygen atoms in total. The third kappa shape index (κ3) is 43.2. The fraction of sp³-hybridized carbons (Fsp3) is 0.860. The highest BCUT2D eigenvalue weighted by molar-refractivity contribution is 7.47. The number of rotatable bonds is 47. The molecule has 0 aromatic carbocycles. The van der Waals surface area contributed by atoms with Gasteiger partial charge in [-0.05, 0) is 57.8 Å². The van der Waals surface area contributed by atoms with Gasteiger partial charge in [-0.2, -0.15) is 0 Å². The van der Waals surface area contributed by atoms with Crippen LogP contribution in [0.5, 0.6) is 0 Å². The number of unbranched alkanes of at least 4 members (excludes halogenated alkanes) is 26. The first kappa shape index (κ1) is 60.0. The van der Waals surface area contributed by atoms with Crippen LogP contribution >= 0.6 is 7.82 Å². The van der Waals surface area contributed by atoms with Crippen LogP contribution < -0.4 is 0 Å². The van der Waals surface area contributed by atoms with Crippen LogP contribution in [0.2, 0.25) is 0 Å². The van der Waals surface area contributed by atoms with Gasteiger partial charge in [-0.1, -0.05) is 186 Å². The predicted octanol–water partition coefficient (Wildman–Crippen LogP) is 13.9. The summed E-state index contributed by atoms with van der Waals surface area (Å²) in [6.07, 6.45) is 41.5. The molecule has 0 aliphatic carbocycles. The topological polar surface area (TPSA) is 155 Å². The molecule has 2 N–H and O–H groups in total. The Kier molecular flexibility index (Phi) is 44.0. The van der Waals surface area contributed by atoms with Crippen LogP contribution in [0.3, 0.4) is 0 Å². The Labute approximate surface area is 378 Å². The number of aliphatic hydroxyl groups excluding tert-OH is 1. The molecular formula is C50H93O11P. The first-order valence-corrected chi connectivity index (χ1v) is 26.7. The van der Waals surface area contributed by atoms with Gasteiger partial charge in [0.2, 0.25) is 0 Å². The number of allylic oxidation sites excluding steroid dienone is 4. The van der Waals surface area contributed by atoms with Crippen molar-refractivity contribution in [3.05, 3.63) is 24.3 Å². The number of phosphoric ester groups is 1. The summed E-state index contributed by atoms with van der Waals surface area (Å²) in [5, 5.41) is 9.74. The Balaban J connectivity index is 4.73. The molecule has 0 heterocycles. The Hall–Kier alpha value is -2.04. The molecular weight excluding hydrogens is 808 g/mol. The third-order valence-corrected chi connectivity index (χ3v) is 11.8. The van der Waals surface area contributed by atoms with E-state index in [4.69, 9.17) is 23.3 Å². The lowest BCUT2D eigenvalue weighted by Crippen LogP contribution is -2.30. The standard InChI is InChI=1S/C50H93O11P/c1-4-7-10-13-16-19-22-23-26-29-32-35-38-41-50(54)61-47(43-57-48(52)39-36-33-30-27-24-20-17-14-11-8-5-2)45-59-62(55,56)58-44-46(42-51)60-49(53)40-37-34-31-28-25-21-18-15-12-9-6-3/h14-15,17-18,46-47,51H,4-13,16,19-45H2,1-3H3,(H,55,56)/b17-14-,18-15-. The summed E-state index contributed by atoms with van der Waals surface area (Å²) < 4.78 is 39.2. The normalized spacial score (nSPS) is 13.7. The lowest BCUT2D eigenvalue weighted by atomic mass is 10.0. The molecule has 0 aromatic heterocycles. The number of hydrogen-bond acceptors (Lipinski definition) is 10. The Bertz CT molecular complexity index is 1140. The number of hydrogen-bond donors (Lipinski definition) is 2. The maximum Gasteiger partial charge on any atom is 0.472 e. The van der Waals surface area contributed by atoms with Gasteiger partial charge in [-0.25, -0.2) is 4.57 Å². The van der Waals surface area contributed by atoms with E-state index in [-0.39, 0.29) is 25.9 Å². The van der Waals surface area contributed by atoms with Gasteiger partial charge in [0.05, 0.1) is 19.8 Å². The molecule has 0 amide bonds. The number of ether oxygens (including phenoxy) is 3. The minimum Gasteiger partial charge on any atom is -0.462 e. The molecule has 0 bridgehead atoms. The lowest BCUT2D eigenvalue weighted by molar-refractivity contribution is -0.161. The van der Waals surface area contributed by atoms with Gasteiger partial charge in [-0.3, -0.25) is 23.4 Å². The minimum atomic E-state index is -4.73. The highest BCUT2D eigenvalue weighted by atomic mass is 31.2. The van der Waals surface area contributed by atoms with Crippen LogP contribution in [0.15, 0.2) is 24.3 Å². The van der Waals surface area contributed by atoms with Gasteiger partial charge in [0.1, 0.15) is 12.7 Å². The van der Waals surface area contributed by atoms with Crippen molar-refractivity contribution in [3.8, 4) is 0 Å². The zero-order valence-electron chi connectivity index (χ0n) is 39.9. The molecule has 0 rings (SSSR count). The van der Waals surface area contributed by atoms with E-state index in [0.29, 0.717) is 19.3 Å². The van der Waals surface area contributed by atoms with Crippen LogP contribution in [-0.2, 0) is 42.2 Å². The molecule has 0 aliphatic rings. The summed E-state index contributed by atoms with van der Waals surface area (Å²) in [6.45, 7) is 4.55. The zero-order chi connectivity index (χ0) is 45.6. The average Bonchev–Trinajstić information content (AvgIpc) is 3.25. The number of phosphoric acid groups is 1. The molecule has 0 fully saturated rings. The molecule has 0 saturated carbocycles. The summed E-state index contributed by atoms with van der Waals surface area (Å²) in [6, 6.07) is 0. The van der Waals surface area contributed by atoms with E-state index in [0.717, 1.165) is 96.3 Å². The number of esters is 3. The Morgan fingerprint density at radius 1 is 0.435 bits per heavy atom. The van der Waals surface area contributed by atoms with E-state index in [1.807, 2.05) is 0 Å². The SMILES string of the molecule is CCCC/C=C\CCCCCCCC(=O)OCC(COP(=O)(O)OCC(CO)OC(=O)CCCCCCC/C=C\CCCC)OC(=O)CCCCCCCCCCCCCCC. The molecule has 0 radical (unpaired) electrons. The molecule has 0 aliphatic heterocycles. The summed E-state index contributed by atoms with van der Waals surface area (Å²) in [4.78, 5) is 48.1. The maximum atomic E-state index is 12.8. The predicted molar refractivity (Wildman–Crippen MR) is 252 cm³/mol. The smallest absolute Gasteiger partial charge is 0.462 e. The summed E-state index contributed by atoms with van der Waals surface area (Å²) >= 11 is 0. The van der Waals surface area contributed by atoms with E-state index in [1.165, 1.54) is 83.5 Å². The van der Waals surface area contributed by atoms with Crippen LogP contribution in [0.1, 0.15) is 239 Å². The Morgan fingerprint density at radius 2 is 0.758 bits per heavy atom. The number of aliphatic hydroxyl groups is 1. The highest BCUT2D eigenvalue weighted by Gasteiger charge is 2.28. The van der Waals surface area contributed by atoms with Crippen molar-refractivity contribution in [1.82, 2.24) is 0 Å². The molecule has 3 atom stereocenters. The first-order valence-electron chi connectivity index (χ1n) is 25.2. The quantitative estimate of drug-likeness (QED) is 0.0197. The van der Waals surface area contributed by atoms with E-state index in [1.54, 1.807) is 0 Å². The van der Waals surface area contributed by atoms with Crippen LogP contribution in [0.25, 0.3) is 0 Å². The molecule has 12 heteroatoms. The minimum absolute atomic E-state index is 0.169. The largest absolute Gasteiger partial charge is 0.472 e. The van der Waals surface area contributed by atoms with Gasteiger partial charge in [-0.15, -0.1) is 0 Å². The van der Waals surface area contributed by atoms with E-state index >= 15 is 0 Å². The van der Waals surface area contributed by atoms with Crippen molar-refractivity contribution < 1.29 is 52.2 Å². The van der Waals surface area contributed by atoms with Gasteiger partial charge < -0.3 is 24.2 Å². The van der Waals surface area contributed by atoms with Crippen LogP contribution in [0.4, 0.5) is 0 Å². The van der Waals surface area contributed by atoms with Gasteiger partial charge in [0.25, 0.3) is 0 Å². The lowest BCUT2D eigenvalue weighted by Gasteiger charge is -2.21. The van der Waals surface area contributed by atoms with Gasteiger partial charge in [0, 0.05) is 19.3 Å². The fourth-order valence-electron chi connectivity index (χ4n) is 6.91. The van der Waals surface area contributed by atoms with Gasteiger partial charge in [0.15, 0.2) is 6.10 Å². The van der Waals surface area contributed by atoms with Gasteiger partial charge >= 0.3 is 25.7 Å². The van der Waals surface area contributed by atoms with Crippen molar-refractivity contribution in [3.63, 3.8) is 0 Å². The summed E-state index contributed by atoms with van der Waals surface area (Å²) in [5.74, 6) is -1.47. The van der Waals surface area contributed by atoms with E-state index in [9.17, 15) is 28.9 Å². The second kappa shape index (κ2) is 45.5. The molecule has 364 valence electrons. The van der Waals surface area contributed by atoms with Crippen molar-refractivity contribution in [2.45, 2.75) is 251 Å². The van der Waals surface area contributed by atoms with E-state index < -0.39 is 57.8 Å². The highest BCUT2D eigenvalue weighted by Crippen LogP contribution is 2.43. The number of carbonyl (C=O) groups is 3. The Morgan fingerprint density at radius 3 is 1.16 bits per heavy atom. The summed E-state index contributed by atoms with van der Waals surface area (Å²) in [7, 11) is -4.73. The van der Waals surface area contributed by atoms with E-state index in [2.05, 4.69) is 45.1 Å². The third-order valence-electron chi connectivity index (χ3n) is 10.8. The van der Waals surface area contributed by atoms with Crippen LogP contribution in [0, 0.1) is 0 Å². The fourth-order valence-corrected chi connectivity index (χ4v) is 7.69. The van der Waals surface area contributed by atoms with Crippen molar-refractivity contribution in [2.24, 2.45) is 0 Å². The van der Waals surface area contributed by atoms with Crippen molar-refractivity contribution in [2.75, 3.05) is 26.4 Å². The molecule has 0 aromatic rings. The number of carbonyl (C=O) groups excluding carboxylic acids is 3. The monoisotopic (exact) mass is 901 g/mol. The second-order valence-corrected chi connectivity index (χ2v) is 18.4. The average molecular weight is 901 g/mol. The molecule has 62 heavy (non-hydrogen) atoms. The maximum absolute atomic E-state index is 12.8. The second-order valence-electron chi connectivity index (χ2n) is 17.0. The summed E-state index contributed by atoms with van der Waals surface area (Å²) in [5.41, 5.74) is 0. The van der Waals surface area contributed by atoms with Crippen molar-refractivity contribution in [1.29, 1.82) is 0 Å². The first-order chi connectivity index (χ1) is 30.2. The molecule has 0 spiro atoms. The van der Waals surface area contributed by atoms with Crippen LogP contribution in [-0.4, -0.2) is 66.5 Å². The van der Waals surface area contributed by atoms with Crippen molar-refractivity contribution >= 4 is 25.7 Å². The molecule has 3 unspecified atom stereocenters.